The minimum Gasteiger partial charge on any atom is -0.340 e. The molecule has 0 saturated carbocycles. The number of hydrogen-bond donors (Lipinski definition) is 1. The van der Waals surface area contributed by atoms with Gasteiger partial charge < -0.3 is 5.32 Å². The number of halogens is 1. The third kappa shape index (κ3) is 3.53. The summed E-state index contributed by atoms with van der Waals surface area (Å²) in [5.74, 6) is 0.568. The van der Waals surface area contributed by atoms with E-state index in [1.54, 1.807) is 12.1 Å². The van der Waals surface area contributed by atoms with Crippen molar-refractivity contribution in [2.45, 2.75) is 11.8 Å². The van der Waals surface area contributed by atoms with Crippen LogP contribution in [-0.2, 0) is 10.0 Å². The number of pyridine rings is 1. The van der Waals surface area contributed by atoms with Gasteiger partial charge in [-0.05, 0) is 42.8 Å². The first-order valence-electron chi connectivity index (χ1n) is 6.22. The Morgan fingerprint density at radius 2 is 1.90 bits per heavy atom. The number of nitrogens with zero attached hydrogens (tertiary/aromatic N) is 2. The van der Waals surface area contributed by atoms with Crippen molar-refractivity contribution in [1.82, 2.24) is 9.29 Å². The quantitative estimate of drug-likeness (QED) is 0.938. The number of aromatic nitrogens is 1. The Hall–Kier alpha value is -1.63. The van der Waals surface area contributed by atoms with E-state index in [2.05, 4.69) is 10.3 Å². The van der Waals surface area contributed by atoms with E-state index in [0.29, 0.717) is 10.8 Å². The summed E-state index contributed by atoms with van der Waals surface area (Å²) in [5.41, 5.74) is 1.85. The van der Waals surface area contributed by atoms with Gasteiger partial charge in [0.15, 0.2) is 0 Å². The monoisotopic (exact) mass is 325 g/mol. The Morgan fingerprint density at radius 1 is 1.19 bits per heavy atom. The summed E-state index contributed by atoms with van der Waals surface area (Å²) in [6, 6.07) is 8.63. The minimum absolute atomic E-state index is 0.158. The predicted octanol–water partition coefficient (Wildman–Crippen LogP) is 3.04. The molecule has 112 valence electrons. The second kappa shape index (κ2) is 6.01. The summed E-state index contributed by atoms with van der Waals surface area (Å²) in [7, 11) is -0.485. The van der Waals surface area contributed by atoms with E-state index in [-0.39, 0.29) is 4.90 Å². The Balaban J connectivity index is 2.24. The molecule has 5 nitrogen and oxygen atoms in total. The molecule has 1 aromatic heterocycles. The molecule has 0 fully saturated rings. The first-order chi connectivity index (χ1) is 9.80. The summed E-state index contributed by atoms with van der Waals surface area (Å²) in [6.07, 6.45) is 1.34. The summed E-state index contributed by atoms with van der Waals surface area (Å²) >= 11 is 5.91. The van der Waals surface area contributed by atoms with Gasteiger partial charge in [-0.15, -0.1) is 0 Å². The highest BCUT2D eigenvalue weighted by molar-refractivity contribution is 7.89. The minimum atomic E-state index is -3.45. The van der Waals surface area contributed by atoms with Crippen LogP contribution in [0.15, 0.2) is 41.4 Å². The van der Waals surface area contributed by atoms with Gasteiger partial charge in [0.1, 0.15) is 10.7 Å². The smallest absolute Gasteiger partial charge is 0.244 e. The molecule has 0 saturated heterocycles. The molecule has 0 unspecified atom stereocenters. The number of hydrogen-bond acceptors (Lipinski definition) is 4. The van der Waals surface area contributed by atoms with Crippen LogP contribution < -0.4 is 5.32 Å². The van der Waals surface area contributed by atoms with Crippen molar-refractivity contribution in [3.63, 3.8) is 0 Å². The second-order valence-electron chi connectivity index (χ2n) is 4.75. The molecular weight excluding hydrogens is 310 g/mol. The SMILES string of the molecule is Cc1cc(Cl)ccc1Nc1ccc(S(=O)(=O)N(C)C)cn1. The van der Waals surface area contributed by atoms with Gasteiger partial charge >= 0.3 is 0 Å². The number of benzene rings is 1. The van der Waals surface area contributed by atoms with E-state index < -0.39 is 10.0 Å². The van der Waals surface area contributed by atoms with Gasteiger partial charge in [0, 0.05) is 31.0 Å². The standard InChI is InChI=1S/C14H16ClN3O2S/c1-10-8-11(15)4-6-13(10)17-14-7-5-12(9-16-14)21(19,20)18(2)3/h4-9H,1-3H3,(H,16,17). The fourth-order valence-electron chi connectivity index (χ4n) is 1.72. The van der Waals surface area contributed by atoms with Crippen LogP contribution in [0.5, 0.6) is 0 Å². The van der Waals surface area contributed by atoms with Crippen LogP contribution in [0.3, 0.4) is 0 Å². The second-order valence-corrected chi connectivity index (χ2v) is 7.34. The number of nitrogens with one attached hydrogen (secondary N) is 1. The molecule has 7 heteroatoms. The van der Waals surface area contributed by atoms with E-state index >= 15 is 0 Å². The average Bonchev–Trinajstić information content (AvgIpc) is 2.42. The summed E-state index contributed by atoms with van der Waals surface area (Å²) in [5, 5.41) is 3.79. The van der Waals surface area contributed by atoms with Crippen LogP contribution in [0.1, 0.15) is 5.56 Å². The van der Waals surface area contributed by atoms with Crippen molar-refractivity contribution in [2.75, 3.05) is 19.4 Å². The summed E-state index contributed by atoms with van der Waals surface area (Å²) in [4.78, 5) is 4.29. The average molecular weight is 326 g/mol. The lowest BCUT2D eigenvalue weighted by Gasteiger charge is -2.12. The van der Waals surface area contributed by atoms with Crippen molar-refractivity contribution < 1.29 is 8.42 Å². The van der Waals surface area contributed by atoms with Crippen molar-refractivity contribution in [1.29, 1.82) is 0 Å². The lowest BCUT2D eigenvalue weighted by molar-refractivity contribution is 0.520. The van der Waals surface area contributed by atoms with Gasteiger partial charge in [-0.3, -0.25) is 0 Å². The van der Waals surface area contributed by atoms with Gasteiger partial charge in [0.05, 0.1) is 0 Å². The molecule has 0 radical (unpaired) electrons. The molecule has 0 aliphatic rings. The van der Waals surface area contributed by atoms with Gasteiger partial charge in [0.25, 0.3) is 0 Å². The van der Waals surface area contributed by atoms with E-state index in [4.69, 9.17) is 11.6 Å². The van der Waals surface area contributed by atoms with Crippen LogP contribution in [0.4, 0.5) is 11.5 Å². The molecule has 0 aliphatic heterocycles. The van der Waals surface area contributed by atoms with Gasteiger partial charge in [-0.1, -0.05) is 11.6 Å². The zero-order valence-electron chi connectivity index (χ0n) is 12.0. The molecule has 0 atom stereocenters. The van der Waals surface area contributed by atoms with Crippen LogP contribution in [0.2, 0.25) is 5.02 Å². The van der Waals surface area contributed by atoms with Crippen molar-refractivity contribution >= 4 is 33.1 Å². The molecule has 2 aromatic rings. The normalized spacial score (nSPS) is 11.7. The van der Waals surface area contributed by atoms with Crippen molar-refractivity contribution in [3.05, 3.63) is 47.1 Å². The van der Waals surface area contributed by atoms with E-state index in [1.807, 2.05) is 19.1 Å². The molecule has 1 heterocycles. The first kappa shape index (κ1) is 15.8. The largest absolute Gasteiger partial charge is 0.340 e. The van der Waals surface area contributed by atoms with E-state index in [1.165, 1.54) is 26.4 Å². The third-order valence-electron chi connectivity index (χ3n) is 2.97. The maximum Gasteiger partial charge on any atom is 0.244 e. The van der Waals surface area contributed by atoms with E-state index in [0.717, 1.165) is 15.6 Å². The number of sulfonamides is 1. The van der Waals surface area contributed by atoms with Crippen LogP contribution in [0.25, 0.3) is 0 Å². The first-order valence-corrected chi connectivity index (χ1v) is 8.04. The Bertz CT molecular complexity index is 743. The molecular formula is C14H16ClN3O2S. The maximum atomic E-state index is 11.9. The van der Waals surface area contributed by atoms with Gasteiger partial charge in [0.2, 0.25) is 10.0 Å². The lowest BCUT2D eigenvalue weighted by Crippen LogP contribution is -2.22. The van der Waals surface area contributed by atoms with Gasteiger partial charge in [-0.25, -0.2) is 17.7 Å². The fraction of sp³-hybridized carbons (Fsp3) is 0.214. The topological polar surface area (TPSA) is 62.3 Å². The van der Waals surface area contributed by atoms with E-state index in [9.17, 15) is 8.42 Å². The molecule has 1 aromatic carbocycles. The van der Waals surface area contributed by atoms with Crippen LogP contribution in [-0.4, -0.2) is 31.8 Å². The molecule has 0 bridgehead atoms. The molecule has 0 spiro atoms. The number of rotatable bonds is 4. The third-order valence-corrected chi connectivity index (χ3v) is 5.00. The molecule has 2 rings (SSSR count). The molecule has 0 amide bonds. The molecule has 21 heavy (non-hydrogen) atoms. The Labute approximate surface area is 129 Å². The summed E-state index contributed by atoms with van der Waals surface area (Å²) < 4.78 is 25.0. The fourth-order valence-corrected chi connectivity index (χ4v) is 2.80. The van der Waals surface area contributed by atoms with Crippen molar-refractivity contribution in [2.24, 2.45) is 0 Å². The zero-order chi connectivity index (χ0) is 15.6. The number of anilines is 2. The number of aryl methyl sites for hydroxylation is 1. The highest BCUT2D eigenvalue weighted by Crippen LogP contribution is 2.23. The molecule has 1 N–H and O–H groups in total. The van der Waals surface area contributed by atoms with Gasteiger partial charge in [-0.2, -0.15) is 0 Å². The molecule has 0 aliphatic carbocycles. The lowest BCUT2D eigenvalue weighted by atomic mass is 10.2. The highest BCUT2D eigenvalue weighted by atomic mass is 35.5. The summed E-state index contributed by atoms with van der Waals surface area (Å²) in [6.45, 7) is 1.93. The van der Waals surface area contributed by atoms with Crippen LogP contribution in [0, 0.1) is 6.92 Å². The predicted molar refractivity (Wildman–Crippen MR) is 84.6 cm³/mol. The Kier molecular flexibility index (Phi) is 4.51. The zero-order valence-corrected chi connectivity index (χ0v) is 13.5. The van der Waals surface area contributed by atoms with Crippen molar-refractivity contribution in [3.8, 4) is 0 Å². The Morgan fingerprint density at radius 3 is 2.43 bits per heavy atom. The van der Waals surface area contributed by atoms with Crippen LogP contribution >= 0.6 is 11.6 Å². The maximum absolute atomic E-state index is 11.9. The highest BCUT2D eigenvalue weighted by Gasteiger charge is 2.17.